The summed E-state index contributed by atoms with van der Waals surface area (Å²) in [6.07, 6.45) is 0.762. The van der Waals surface area contributed by atoms with Gasteiger partial charge in [-0.05, 0) is 43.7 Å². The first kappa shape index (κ1) is 14.4. The van der Waals surface area contributed by atoms with E-state index in [0.29, 0.717) is 24.4 Å². The highest BCUT2D eigenvalue weighted by Gasteiger charge is 2.10. The Morgan fingerprint density at radius 2 is 2.22 bits per heavy atom. The first-order chi connectivity index (χ1) is 8.54. The molecule has 2 N–H and O–H groups in total. The van der Waals surface area contributed by atoms with Crippen molar-refractivity contribution in [3.8, 4) is 5.75 Å². The van der Waals surface area contributed by atoms with Crippen molar-refractivity contribution in [2.24, 2.45) is 5.73 Å². The fraction of sp³-hybridized carbons (Fsp3) is 0.462. The normalized spacial score (nSPS) is 10.2. The van der Waals surface area contributed by atoms with E-state index < -0.39 is 0 Å². The standard InChI is InChI=1S/C13H19FN2O2/c1-10-8-11(14)4-5-12(10)18-9-13(17)16(2)7-3-6-15/h4-5,8H,3,6-7,9,15H2,1-2H3. The summed E-state index contributed by atoms with van der Waals surface area (Å²) in [4.78, 5) is 13.3. The van der Waals surface area contributed by atoms with Crippen LogP contribution in [-0.4, -0.2) is 37.6 Å². The van der Waals surface area contributed by atoms with Gasteiger partial charge in [0, 0.05) is 13.6 Å². The van der Waals surface area contributed by atoms with Crippen LogP contribution >= 0.6 is 0 Å². The smallest absolute Gasteiger partial charge is 0.260 e. The summed E-state index contributed by atoms with van der Waals surface area (Å²) in [5.41, 5.74) is 6.04. The molecule has 4 nitrogen and oxygen atoms in total. The third kappa shape index (κ3) is 4.33. The predicted molar refractivity (Wildman–Crippen MR) is 67.9 cm³/mol. The van der Waals surface area contributed by atoms with E-state index in [1.54, 1.807) is 18.9 Å². The number of ether oxygens (including phenoxy) is 1. The molecule has 0 aromatic heterocycles. The maximum Gasteiger partial charge on any atom is 0.260 e. The molecule has 0 heterocycles. The van der Waals surface area contributed by atoms with Crippen molar-refractivity contribution in [3.63, 3.8) is 0 Å². The Morgan fingerprint density at radius 1 is 1.50 bits per heavy atom. The zero-order valence-corrected chi connectivity index (χ0v) is 10.8. The van der Waals surface area contributed by atoms with Crippen LogP contribution in [0.4, 0.5) is 4.39 Å². The molecule has 1 aromatic carbocycles. The first-order valence-corrected chi connectivity index (χ1v) is 5.87. The molecular weight excluding hydrogens is 235 g/mol. The molecule has 18 heavy (non-hydrogen) atoms. The molecule has 0 aliphatic rings. The Kier molecular flexibility index (Phi) is 5.58. The Labute approximate surface area is 107 Å². The van der Waals surface area contributed by atoms with Gasteiger partial charge < -0.3 is 15.4 Å². The van der Waals surface area contributed by atoms with Crippen molar-refractivity contribution in [1.82, 2.24) is 4.90 Å². The number of hydrogen-bond acceptors (Lipinski definition) is 3. The van der Waals surface area contributed by atoms with Gasteiger partial charge in [0.05, 0.1) is 0 Å². The molecule has 100 valence electrons. The van der Waals surface area contributed by atoms with Gasteiger partial charge in [-0.1, -0.05) is 0 Å². The number of hydrogen-bond donors (Lipinski definition) is 1. The predicted octanol–water partition coefficient (Wildman–Crippen LogP) is 1.32. The van der Waals surface area contributed by atoms with Crippen LogP contribution in [0.15, 0.2) is 18.2 Å². The molecule has 0 saturated carbocycles. The topological polar surface area (TPSA) is 55.6 Å². The zero-order chi connectivity index (χ0) is 13.5. The molecule has 5 heteroatoms. The lowest BCUT2D eigenvalue weighted by Gasteiger charge is -2.17. The summed E-state index contributed by atoms with van der Waals surface area (Å²) in [5, 5.41) is 0. The van der Waals surface area contributed by atoms with Crippen LogP contribution in [0.1, 0.15) is 12.0 Å². The van der Waals surface area contributed by atoms with Crippen LogP contribution in [0.5, 0.6) is 5.75 Å². The van der Waals surface area contributed by atoms with Gasteiger partial charge >= 0.3 is 0 Å². The third-order valence-corrected chi connectivity index (χ3v) is 2.61. The van der Waals surface area contributed by atoms with Gasteiger partial charge in [-0.15, -0.1) is 0 Å². The molecule has 0 fully saturated rings. The van der Waals surface area contributed by atoms with E-state index in [1.165, 1.54) is 18.2 Å². The lowest BCUT2D eigenvalue weighted by molar-refractivity contribution is -0.132. The first-order valence-electron chi connectivity index (χ1n) is 5.87. The number of nitrogens with two attached hydrogens (primary N) is 1. The SMILES string of the molecule is Cc1cc(F)ccc1OCC(=O)N(C)CCCN. The van der Waals surface area contributed by atoms with Gasteiger partial charge in [-0.3, -0.25) is 4.79 Å². The highest BCUT2D eigenvalue weighted by Crippen LogP contribution is 2.18. The molecule has 0 radical (unpaired) electrons. The lowest BCUT2D eigenvalue weighted by Crippen LogP contribution is -2.33. The quantitative estimate of drug-likeness (QED) is 0.833. The zero-order valence-electron chi connectivity index (χ0n) is 10.8. The largest absolute Gasteiger partial charge is 0.483 e. The van der Waals surface area contributed by atoms with Gasteiger partial charge in [-0.25, -0.2) is 4.39 Å². The third-order valence-electron chi connectivity index (χ3n) is 2.61. The molecule has 0 unspecified atom stereocenters. The minimum absolute atomic E-state index is 0.0481. The minimum atomic E-state index is -0.314. The van der Waals surface area contributed by atoms with E-state index in [-0.39, 0.29) is 18.3 Å². The Hall–Kier alpha value is -1.62. The molecule has 1 aromatic rings. The summed E-state index contributed by atoms with van der Waals surface area (Å²) in [6.45, 7) is 2.85. The second-order valence-corrected chi connectivity index (χ2v) is 4.16. The number of carbonyl (C=O) groups excluding carboxylic acids is 1. The monoisotopic (exact) mass is 254 g/mol. The Balaban J connectivity index is 2.47. The minimum Gasteiger partial charge on any atom is -0.483 e. The van der Waals surface area contributed by atoms with Crippen molar-refractivity contribution in [2.75, 3.05) is 26.7 Å². The van der Waals surface area contributed by atoms with E-state index in [4.69, 9.17) is 10.5 Å². The molecule has 1 amide bonds. The van der Waals surface area contributed by atoms with Gasteiger partial charge in [0.15, 0.2) is 6.61 Å². The van der Waals surface area contributed by atoms with Gasteiger partial charge in [0.2, 0.25) is 0 Å². The molecule has 0 spiro atoms. The van der Waals surface area contributed by atoms with E-state index in [9.17, 15) is 9.18 Å². The van der Waals surface area contributed by atoms with Crippen LogP contribution in [0.25, 0.3) is 0 Å². The van der Waals surface area contributed by atoms with Crippen LogP contribution in [0.2, 0.25) is 0 Å². The number of nitrogens with zero attached hydrogens (tertiary/aromatic N) is 1. The van der Waals surface area contributed by atoms with Crippen molar-refractivity contribution >= 4 is 5.91 Å². The van der Waals surface area contributed by atoms with Crippen molar-refractivity contribution in [2.45, 2.75) is 13.3 Å². The second-order valence-electron chi connectivity index (χ2n) is 4.16. The fourth-order valence-electron chi connectivity index (χ4n) is 1.48. The number of halogens is 1. The molecule has 0 aliphatic heterocycles. The van der Waals surface area contributed by atoms with Crippen molar-refractivity contribution < 1.29 is 13.9 Å². The Morgan fingerprint density at radius 3 is 2.83 bits per heavy atom. The van der Waals surface area contributed by atoms with Crippen molar-refractivity contribution in [1.29, 1.82) is 0 Å². The summed E-state index contributed by atoms with van der Waals surface area (Å²) < 4.78 is 18.2. The second kappa shape index (κ2) is 6.96. The highest BCUT2D eigenvalue weighted by molar-refractivity contribution is 5.77. The molecule has 1 rings (SSSR count). The highest BCUT2D eigenvalue weighted by atomic mass is 19.1. The number of rotatable bonds is 6. The number of likely N-dealkylation sites (N-methyl/N-ethyl adjacent to an activating group) is 1. The summed E-state index contributed by atoms with van der Waals surface area (Å²) in [7, 11) is 1.71. The maximum atomic E-state index is 12.9. The van der Waals surface area contributed by atoms with E-state index in [1.807, 2.05) is 0 Å². The van der Waals surface area contributed by atoms with Crippen LogP contribution in [0.3, 0.4) is 0 Å². The molecule has 0 saturated heterocycles. The van der Waals surface area contributed by atoms with E-state index >= 15 is 0 Å². The van der Waals surface area contributed by atoms with Crippen LogP contribution in [-0.2, 0) is 4.79 Å². The number of benzene rings is 1. The average Bonchev–Trinajstić information content (AvgIpc) is 2.34. The Bertz CT molecular complexity index is 410. The number of aryl methyl sites for hydroxylation is 1. The molecule has 0 aliphatic carbocycles. The summed E-state index contributed by atoms with van der Waals surface area (Å²) >= 11 is 0. The average molecular weight is 254 g/mol. The summed E-state index contributed by atoms with van der Waals surface area (Å²) in [5.74, 6) is 0.0930. The number of carbonyl (C=O) groups is 1. The van der Waals surface area contributed by atoms with Gasteiger partial charge in [0.25, 0.3) is 5.91 Å². The van der Waals surface area contributed by atoms with Crippen molar-refractivity contribution in [3.05, 3.63) is 29.6 Å². The molecule has 0 bridgehead atoms. The van der Waals surface area contributed by atoms with Gasteiger partial charge in [0.1, 0.15) is 11.6 Å². The number of amides is 1. The summed E-state index contributed by atoms with van der Waals surface area (Å²) in [6, 6.07) is 4.21. The van der Waals surface area contributed by atoms with E-state index in [0.717, 1.165) is 6.42 Å². The maximum absolute atomic E-state index is 12.9. The molecule has 0 atom stereocenters. The fourth-order valence-corrected chi connectivity index (χ4v) is 1.48. The lowest BCUT2D eigenvalue weighted by atomic mass is 10.2. The molecular formula is C13H19FN2O2. The van der Waals surface area contributed by atoms with E-state index in [2.05, 4.69) is 0 Å². The van der Waals surface area contributed by atoms with Crippen LogP contribution in [0, 0.1) is 12.7 Å². The van der Waals surface area contributed by atoms with Crippen LogP contribution < -0.4 is 10.5 Å². The van der Waals surface area contributed by atoms with Gasteiger partial charge in [-0.2, -0.15) is 0 Å².